The van der Waals surface area contributed by atoms with Gasteiger partial charge in [0.2, 0.25) is 5.91 Å². The predicted octanol–water partition coefficient (Wildman–Crippen LogP) is 6.20. The summed E-state index contributed by atoms with van der Waals surface area (Å²) in [6, 6.07) is 17.7. The molecule has 3 aromatic rings. The van der Waals surface area contributed by atoms with Gasteiger partial charge in [-0.1, -0.05) is 55.7 Å². The molecule has 0 saturated heterocycles. The second kappa shape index (κ2) is 11.4. The maximum absolute atomic E-state index is 13.9. The van der Waals surface area contributed by atoms with Gasteiger partial charge in [-0.3, -0.25) is 9.59 Å². The number of amides is 2. The van der Waals surface area contributed by atoms with Crippen molar-refractivity contribution in [1.29, 1.82) is 0 Å². The Morgan fingerprint density at radius 1 is 0.971 bits per heavy atom. The highest BCUT2D eigenvalue weighted by molar-refractivity contribution is 7.10. The Kier molecular flexibility index (Phi) is 8.12. The zero-order valence-electron chi connectivity index (χ0n) is 19.6. The van der Waals surface area contributed by atoms with Crippen molar-refractivity contribution in [1.82, 2.24) is 9.80 Å². The molecule has 0 unspecified atom stereocenters. The van der Waals surface area contributed by atoms with Crippen LogP contribution in [0.3, 0.4) is 0 Å². The molecule has 4 nitrogen and oxygen atoms in total. The van der Waals surface area contributed by atoms with Crippen molar-refractivity contribution in [2.45, 2.75) is 58.2 Å². The largest absolute Gasteiger partial charge is 0.332 e. The van der Waals surface area contributed by atoms with Gasteiger partial charge in [0.25, 0.3) is 5.91 Å². The number of hydrogen-bond acceptors (Lipinski definition) is 3. The Labute approximate surface area is 205 Å². The Morgan fingerprint density at radius 2 is 1.74 bits per heavy atom. The maximum atomic E-state index is 13.9. The summed E-state index contributed by atoms with van der Waals surface area (Å²) in [5.41, 5.74) is 2.50. The Morgan fingerprint density at radius 3 is 2.41 bits per heavy atom. The molecule has 178 valence electrons. The lowest BCUT2D eigenvalue weighted by Gasteiger charge is -2.35. The average molecular weight is 479 g/mol. The zero-order valence-corrected chi connectivity index (χ0v) is 20.4. The second-order valence-electron chi connectivity index (χ2n) is 9.00. The SMILES string of the molecule is Cc1ccsc1CN(Cc1ccccc1)C(=O)CN(C(=O)c1cccc(F)c1)C1CCCCC1. The fourth-order valence-electron chi connectivity index (χ4n) is 4.57. The minimum atomic E-state index is -0.445. The summed E-state index contributed by atoms with van der Waals surface area (Å²) >= 11 is 1.64. The van der Waals surface area contributed by atoms with Crippen LogP contribution in [0, 0.1) is 12.7 Å². The number of rotatable bonds is 8. The molecule has 2 amide bonds. The number of halogens is 1. The molecular formula is C28H31FN2O2S. The molecule has 1 fully saturated rings. The first-order valence-corrected chi connectivity index (χ1v) is 12.8. The van der Waals surface area contributed by atoms with Gasteiger partial charge in [-0.15, -0.1) is 11.3 Å². The van der Waals surface area contributed by atoms with Gasteiger partial charge in [0.1, 0.15) is 12.4 Å². The normalized spacial score (nSPS) is 14.1. The molecule has 0 bridgehead atoms. The third kappa shape index (κ3) is 6.11. The number of aryl methyl sites for hydroxylation is 1. The molecule has 4 rings (SSSR count). The van der Waals surface area contributed by atoms with Crippen LogP contribution >= 0.6 is 11.3 Å². The molecular weight excluding hydrogens is 447 g/mol. The molecule has 1 heterocycles. The molecule has 1 saturated carbocycles. The molecule has 2 aromatic carbocycles. The van der Waals surface area contributed by atoms with E-state index in [1.165, 1.54) is 12.1 Å². The van der Waals surface area contributed by atoms with Crippen molar-refractivity contribution in [3.05, 3.63) is 93.4 Å². The van der Waals surface area contributed by atoms with Gasteiger partial charge in [0, 0.05) is 23.0 Å². The van der Waals surface area contributed by atoms with Crippen molar-refractivity contribution in [2.24, 2.45) is 0 Å². The van der Waals surface area contributed by atoms with E-state index in [-0.39, 0.29) is 24.4 Å². The highest BCUT2D eigenvalue weighted by atomic mass is 32.1. The van der Waals surface area contributed by atoms with Gasteiger partial charge < -0.3 is 9.80 Å². The van der Waals surface area contributed by atoms with Crippen LogP contribution in [-0.2, 0) is 17.9 Å². The van der Waals surface area contributed by atoms with Crippen LogP contribution in [0.2, 0.25) is 0 Å². The first-order chi connectivity index (χ1) is 16.5. The van der Waals surface area contributed by atoms with Crippen molar-refractivity contribution < 1.29 is 14.0 Å². The standard InChI is InChI=1S/C28H31FN2O2S/c1-21-15-16-34-26(21)19-30(18-22-9-4-2-5-10-22)27(32)20-31(25-13-6-3-7-14-25)28(33)23-11-8-12-24(29)17-23/h2,4-5,8-12,15-17,25H,3,6-7,13-14,18-20H2,1H3. The minimum Gasteiger partial charge on any atom is -0.332 e. The number of nitrogens with zero attached hydrogens (tertiary/aromatic N) is 2. The summed E-state index contributed by atoms with van der Waals surface area (Å²) in [6.07, 6.45) is 4.96. The molecule has 34 heavy (non-hydrogen) atoms. The predicted molar refractivity (Wildman–Crippen MR) is 134 cm³/mol. The van der Waals surface area contributed by atoms with Gasteiger partial charge in [0.05, 0.1) is 6.54 Å². The molecule has 0 aliphatic heterocycles. The molecule has 0 N–H and O–H groups in total. The van der Waals surface area contributed by atoms with E-state index in [0.717, 1.165) is 48.1 Å². The smallest absolute Gasteiger partial charge is 0.254 e. The fraction of sp³-hybridized carbons (Fsp3) is 0.357. The third-order valence-electron chi connectivity index (χ3n) is 6.53. The van der Waals surface area contributed by atoms with E-state index in [4.69, 9.17) is 0 Å². The molecule has 1 aliphatic carbocycles. The van der Waals surface area contributed by atoms with Crippen LogP contribution in [0.5, 0.6) is 0 Å². The second-order valence-corrected chi connectivity index (χ2v) is 10.00. The highest BCUT2D eigenvalue weighted by Crippen LogP contribution is 2.25. The summed E-state index contributed by atoms with van der Waals surface area (Å²) in [5, 5.41) is 2.04. The number of carbonyl (C=O) groups is 2. The molecule has 6 heteroatoms. The summed E-state index contributed by atoms with van der Waals surface area (Å²) in [4.78, 5) is 31.8. The van der Waals surface area contributed by atoms with E-state index in [2.05, 4.69) is 13.0 Å². The monoisotopic (exact) mass is 478 g/mol. The fourth-order valence-corrected chi connectivity index (χ4v) is 5.49. The van der Waals surface area contributed by atoms with Crippen molar-refractivity contribution in [3.63, 3.8) is 0 Å². The summed E-state index contributed by atoms with van der Waals surface area (Å²) in [7, 11) is 0. The van der Waals surface area contributed by atoms with Gasteiger partial charge in [-0.05, 0) is 60.5 Å². The van der Waals surface area contributed by atoms with Crippen LogP contribution in [0.4, 0.5) is 4.39 Å². The lowest BCUT2D eigenvalue weighted by atomic mass is 9.93. The lowest BCUT2D eigenvalue weighted by molar-refractivity contribution is -0.133. The average Bonchev–Trinajstić information content (AvgIpc) is 3.27. The van der Waals surface area contributed by atoms with Crippen LogP contribution in [0.15, 0.2) is 66.0 Å². The third-order valence-corrected chi connectivity index (χ3v) is 7.53. The maximum Gasteiger partial charge on any atom is 0.254 e. The van der Waals surface area contributed by atoms with Crippen LogP contribution < -0.4 is 0 Å². The van der Waals surface area contributed by atoms with Gasteiger partial charge >= 0.3 is 0 Å². The van der Waals surface area contributed by atoms with Gasteiger partial charge in [-0.2, -0.15) is 0 Å². The molecule has 1 aliphatic rings. The number of carbonyl (C=O) groups excluding carboxylic acids is 2. The first kappa shape index (κ1) is 24.1. The number of hydrogen-bond donors (Lipinski definition) is 0. The summed E-state index contributed by atoms with van der Waals surface area (Å²) in [5.74, 6) is -0.807. The minimum absolute atomic E-state index is 0.00271. The molecule has 0 atom stereocenters. The van der Waals surface area contributed by atoms with Gasteiger partial charge in [-0.25, -0.2) is 4.39 Å². The van der Waals surface area contributed by atoms with E-state index in [1.807, 2.05) is 40.6 Å². The zero-order chi connectivity index (χ0) is 23.9. The number of thiophene rings is 1. The van der Waals surface area contributed by atoms with Crippen molar-refractivity contribution in [2.75, 3.05) is 6.54 Å². The summed E-state index contributed by atoms with van der Waals surface area (Å²) in [6.45, 7) is 3.03. The van der Waals surface area contributed by atoms with E-state index in [1.54, 1.807) is 28.4 Å². The Balaban J connectivity index is 1.59. The van der Waals surface area contributed by atoms with E-state index in [9.17, 15) is 14.0 Å². The van der Waals surface area contributed by atoms with Crippen LogP contribution in [0.1, 0.15) is 58.5 Å². The molecule has 1 aromatic heterocycles. The number of benzene rings is 2. The van der Waals surface area contributed by atoms with E-state index >= 15 is 0 Å². The van der Waals surface area contributed by atoms with Crippen molar-refractivity contribution in [3.8, 4) is 0 Å². The molecule has 0 spiro atoms. The Bertz CT molecular complexity index is 1110. The molecule has 0 radical (unpaired) electrons. The van der Waals surface area contributed by atoms with E-state index in [0.29, 0.717) is 18.7 Å². The van der Waals surface area contributed by atoms with Crippen molar-refractivity contribution >= 4 is 23.2 Å². The first-order valence-electron chi connectivity index (χ1n) is 11.9. The lowest BCUT2D eigenvalue weighted by Crippen LogP contribution is -2.48. The van der Waals surface area contributed by atoms with E-state index < -0.39 is 5.82 Å². The topological polar surface area (TPSA) is 40.6 Å². The van der Waals surface area contributed by atoms with Gasteiger partial charge in [0.15, 0.2) is 0 Å². The van der Waals surface area contributed by atoms with Crippen LogP contribution in [0.25, 0.3) is 0 Å². The summed E-state index contributed by atoms with van der Waals surface area (Å²) < 4.78 is 13.9. The Hall–Kier alpha value is -2.99. The van der Waals surface area contributed by atoms with Crippen LogP contribution in [-0.4, -0.2) is 34.2 Å². The highest BCUT2D eigenvalue weighted by Gasteiger charge is 2.30. The quantitative estimate of drug-likeness (QED) is 0.387.